The highest BCUT2D eigenvalue weighted by Gasteiger charge is 2.08. The Morgan fingerprint density at radius 1 is 0.607 bits per heavy atom. The van der Waals surface area contributed by atoms with Gasteiger partial charge in [-0.2, -0.15) is 0 Å². The van der Waals surface area contributed by atoms with E-state index in [4.69, 9.17) is 24.4 Å². The molecule has 2 amide bonds. The Bertz CT molecular complexity index is 748. The molecule has 8 nitrogen and oxygen atoms in total. The molecule has 146 valence electrons. The number of anilines is 2. The van der Waals surface area contributed by atoms with Crippen LogP contribution in [0.25, 0.3) is 0 Å². The lowest BCUT2D eigenvalue weighted by Gasteiger charge is -2.12. The summed E-state index contributed by atoms with van der Waals surface area (Å²) in [4.78, 5) is 23.6. The molecule has 2 aromatic rings. The molecule has 0 saturated heterocycles. The van der Waals surface area contributed by atoms with Gasteiger partial charge < -0.3 is 10.6 Å². The van der Waals surface area contributed by atoms with Gasteiger partial charge in [0.25, 0.3) is 0 Å². The van der Waals surface area contributed by atoms with Gasteiger partial charge in [-0.1, -0.05) is 36.4 Å². The average Bonchev–Trinajstić information content (AvgIpc) is 2.70. The molecule has 6 N–H and O–H groups in total. The van der Waals surface area contributed by atoms with Crippen LogP contribution in [0, 0.1) is 0 Å². The first-order valence-corrected chi connectivity index (χ1v) is 9.16. The van der Waals surface area contributed by atoms with Crippen molar-refractivity contribution in [2.24, 2.45) is 0 Å². The fourth-order valence-electron chi connectivity index (χ4n) is 1.97. The quantitative estimate of drug-likeness (QED) is 0.324. The summed E-state index contributed by atoms with van der Waals surface area (Å²) in [7, 11) is 0. The minimum absolute atomic E-state index is 0.0205. The van der Waals surface area contributed by atoms with Gasteiger partial charge in [-0.15, -0.1) is 0 Å². The van der Waals surface area contributed by atoms with Crippen LogP contribution in [0.3, 0.4) is 0 Å². The number of benzene rings is 2. The van der Waals surface area contributed by atoms with Crippen LogP contribution in [0.15, 0.2) is 60.7 Å². The van der Waals surface area contributed by atoms with Crippen LogP contribution in [0.4, 0.5) is 11.4 Å². The van der Waals surface area contributed by atoms with E-state index in [1.165, 1.54) is 0 Å². The molecule has 0 atom stereocenters. The number of hydrogen-bond donors (Lipinski definition) is 6. The first-order chi connectivity index (χ1) is 13.5. The van der Waals surface area contributed by atoms with Crippen molar-refractivity contribution in [3.8, 4) is 0 Å². The van der Waals surface area contributed by atoms with Gasteiger partial charge in [0.05, 0.1) is 0 Å². The van der Waals surface area contributed by atoms with Gasteiger partial charge >= 0.3 is 0 Å². The maximum Gasteiger partial charge on any atom is 0.238 e. The monoisotopic (exact) mass is 416 g/mol. The molecule has 0 aliphatic heterocycles. The third kappa shape index (κ3) is 8.43. The Balaban J connectivity index is 1.58. The summed E-state index contributed by atoms with van der Waals surface area (Å²) < 4.78 is 0. The fourth-order valence-corrected chi connectivity index (χ4v) is 2.31. The van der Waals surface area contributed by atoms with Crippen LogP contribution in [0.1, 0.15) is 12.8 Å². The summed E-state index contributed by atoms with van der Waals surface area (Å²) >= 11 is 10.1. The molecule has 28 heavy (non-hydrogen) atoms. The highest BCUT2D eigenvalue weighted by Crippen LogP contribution is 2.04. The molecule has 0 unspecified atom stereocenters. The summed E-state index contributed by atoms with van der Waals surface area (Å²) in [5.41, 5.74) is 11.6. The zero-order valence-corrected chi connectivity index (χ0v) is 16.5. The first kappa shape index (κ1) is 21.1. The number of rotatable bonds is 5. The van der Waals surface area contributed by atoms with Crippen LogP contribution in [-0.4, -0.2) is 22.0 Å². The van der Waals surface area contributed by atoms with Crippen LogP contribution in [0.5, 0.6) is 0 Å². The molecule has 0 saturated carbocycles. The van der Waals surface area contributed by atoms with Crippen LogP contribution in [-0.2, 0) is 9.59 Å². The Morgan fingerprint density at radius 2 is 0.964 bits per heavy atom. The fraction of sp³-hybridized carbons (Fsp3) is 0.111. The molecule has 0 aliphatic carbocycles. The molecular weight excluding hydrogens is 396 g/mol. The number of nitrogens with one attached hydrogen (secondary N) is 6. The zero-order valence-electron chi connectivity index (χ0n) is 14.8. The molecule has 10 heteroatoms. The van der Waals surface area contributed by atoms with Gasteiger partial charge in [-0.3, -0.25) is 31.3 Å². The van der Waals surface area contributed by atoms with Crippen LogP contribution < -0.4 is 32.3 Å². The van der Waals surface area contributed by atoms with E-state index in [2.05, 4.69) is 32.3 Å². The summed E-state index contributed by atoms with van der Waals surface area (Å²) in [5.74, 6) is -0.755. The third-order valence-corrected chi connectivity index (χ3v) is 3.68. The van der Waals surface area contributed by atoms with E-state index in [9.17, 15) is 9.59 Å². The average molecular weight is 417 g/mol. The normalized spacial score (nSPS) is 9.57. The summed E-state index contributed by atoms with van der Waals surface area (Å²) in [6, 6.07) is 18.5. The van der Waals surface area contributed by atoms with E-state index in [1.54, 1.807) is 0 Å². The highest BCUT2D eigenvalue weighted by molar-refractivity contribution is 7.80. The van der Waals surface area contributed by atoms with Crippen molar-refractivity contribution >= 4 is 57.8 Å². The van der Waals surface area contributed by atoms with Crippen molar-refractivity contribution in [1.29, 1.82) is 0 Å². The van der Waals surface area contributed by atoms with Crippen molar-refractivity contribution < 1.29 is 9.59 Å². The zero-order chi connectivity index (χ0) is 20.2. The van der Waals surface area contributed by atoms with Crippen molar-refractivity contribution in [3.05, 3.63) is 60.7 Å². The molecular formula is C18H20N6O2S2. The van der Waals surface area contributed by atoms with Crippen molar-refractivity contribution in [3.63, 3.8) is 0 Å². The van der Waals surface area contributed by atoms with Gasteiger partial charge in [0.2, 0.25) is 11.8 Å². The second-order valence-corrected chi connectivity index (χ2v) is 6.30. The maximum atomic E-state index is 11.8. The van der Waals surface area contributed by atoms with Crippen LogP contribution in [0.2, 0.25) is 0 Å². The van der Waals surface area contributed by atoms with Crippen molar-refractivity contribution in [1.82, 2.24) is 21.7 Å². The van der Waals surface area contributed by atoms with Crippen molar-refractivity contribution in [2.75, 3.05) is 10.6 Å². The van der Waals surface area contributed by atoms with Crippen LogP contribution >= 0.6 is 24.4 Å². The second-order valence-electron chi connectivity index (χ2n) is 5.49. The number of para-hydroxylation sites is 2. The number of hydrogen-bond acceptors (Lipinski definition) is 4. The molecule has 0 spiro atoms. The molecule has 0 bridgehead atoms. The highest BCUT2D eigenvalue weighted by atomic mass is 32.1. The standard InChI is InChI=1S/C18H20N6O2S2/c25-15(21-23-17(27)19-13-7-3-1-4-8-13)11-12-16(26)22-24-18(28)20-14-9-5-2-6-10-14/h1-10H,11-12H2,(H,21,25)(H,22,26)(H2,19,23,27)(H2,20,24,28). The predicted octanol–water partition coefficient (Wildman–Crippen LogP) is 1.80. The maximum absolute atomic E-state index is 11.8. The summed E-state index contributed by atoms with van der Waals surface area (Å²) in [5, 5.41) is 6.30. The minimum atomic E-state index is -0.377. The third-order valence-electron chi connectivity index (χ3n) is 3.27. The van der Waals surface area contributed by atoms with Gasteiger partial charge in [-0.25, -0.2) is 0 Å². The lowest BCUT2D eigenvalue weighted by atomic mass is 10.3. The number of amides is 2. The smallest absolute Gasteiger partial charge is 0.238 e. The SMILES string of the molecule is O=C(CCC(=O)NNC(=S)Nc1ccccc1)NNC(=S)Nc1ccccc1. The Morgan fingerprint density at radius 3 is 1.32 bits per heavy atom. The first-order valence-electron chi connectivity index (χ1n) is 8.34. The van der Waals surface area contributed by atoms with E-state index in [-0.39, 0.29) is 34.9 Å². The second kappa shape index (κ2) is 11.5. The summed E-state index contributed by atoms with van der Waals surface area (Å²) in [6.07, 6.45) is -0.0410. The van der Waals surface area contributed by atoms with E-state index < -0.39 is 0 Å². The largest absolute Gasteiger partial charge is 0.331 e. The number of hydrazine groups is 2. The Labute approximate surface area is 173 Å². The van der Waals surface area contributed by atoms with Gasteiger partial charge in [-0.05, 0) is 48.7 Å². The number of carbonyl (C=O) groups is 2. The van der Waals surface area contributed by atoms with Gasteiger partial charge in [0.1, 0.15) is 0 Å². The Hall–Kier alpha value is -3.24. The molecule has 0 aliphatic rings. The molecule has 0 radical (unpaired) electrons. The molecule has 2 rings (SSSR count). The number of carbonyl (C=O) groups excluding carboxylic acids is 2. The van der Waals surface area contributed by atoms with Gasteiger partial charge in [0, 0.05) is 24.2 Å². The molecule has 0 heterocycles. The molecule has 2 aromatic carbocycles. The summed E-state index contributed by atoms with van der Waals surface area (Å²) in [6.45, 7) is 0. The van der Waals surface area contributed by atoms with Gasteiger partial charge in [0.15, 0.2) is 10.2 Å². The predicted molar refractivity (Wildman–Crippen MR) is 117 cm³/mol. The minimum Gasteiger partial charge on any atom is -0.331 e. The molecule has 0 aromatic heterocycles. The lowest BCUT2D eigenvalue weighted by molar-refractivity contribution is -0.127. The van der Waals surface area contributed by atoms with Crippen molar-refractivity contribution in [2.45, 2.75) is 12.8 Å². The van der Waals surface area contributed by atoms with E-state index >= 15 is 0 Å². The van der Waals surface area contributed by atoms with E-state index in [0.717, 1.165) is 11.4 Å². The number of thiocarbonyl (C=S) groups is 2. The lowest BCUT2D eigenvalue weighted by Crippen LogP contribution is -2.45. The van der Waals surface area contributed by atoms with E-state index in [0.29, 0.717) is 0 Å². The Kier molecular flexibility index (Phi) is 8.63. The van der Waals surface area contributed by atoms with E-state index in [1.807, 2.05) is 60.7 Å². The molecule has 0 fully saturated rings. The topological polar surface area (TPSA) is 106 Å².